The smallest absolute Gasteiger partial charge is 0.253 e. The number of aromatic nitrogens is 1. The van der Waals surface area contributed by atoms with Crippen LogP contribution in [0.1, 0.15) is 42.5 Å². The zero-order valence-corrected chi connectivity index (χ0v) is 14.7. The lowest BCUT2D eigenvalue weighted by Gasteiger charge is -2.24. The van der Waals surface area contributed by atoms with Crippen molar-refractivity contribution in [1.29, 1.82) is 0 Å². The van der Waals surface area contributed by atoms with Crippen LogP contribution in [-0.4, -0.2) is 35.9 Å². The molecule has 1 saturated carbocycles. The summed E-state index contributed by atoms with van der Waals surface area (Å²) < 4.78 is 12.4. The minimum atomic E-state index is -2.14. The molecule has 22 heavy (non-hydrogen) atoms. The van der Waals surface area contributed by atoms with Gasteiger partial charge in [-0.1, -0.05) is 24.4 Å². The molecule has 0 spiro atoms. The lowest BCUT2D eigenvalue weighted by Crippen LogP contribution is -2.36. The number of hydrogen-bond donors (Lipinski definition) is 2. The number of carbonyl (C=O) groups excluding carboxylic acids is 1. The van der Waals surface area contributed by atoms with Gasteiger partial charge in [0, 0.05) is 17.9 Å². The quantitative estimate of drug-likeness (QED) is 0.651. The molecule has 7 heteroatoms. The van der Waals surface area contributed by atoms with Crippen LogP contribution in [0, 0.1) is 0 Å². The van der Waals surface area contributed by atoms with E-state index in [4.69, 9.17) is 17.3 Å². The fourth-order valence-electron chi connectivity index (χ4n) is 2.87. The van der Waals surface area contributed by atoms with Gasteiger partial charge in [0.05, 0.1) is 17.7 Å². The molecule has 1 fully saturated rings. The van der Waals surface area contributed by atoms with E-state index in [1.54, 1.807) is 0 Å². The van der Waals surface area contributed by atoms with Crippen molar-refractivity contribution in [3.05, 3.63) is 22.8 Å². The first-order chi connectivity index (χ1) is 10.3. The van der Waals surface area contributed by atoms with Gasteiger partial charge in [-0.3, -0.25) is 4.79 Å². The molecule has 0 saturated heterocycles. The zero-order valence-electron chi connectivity index (χ0n) is 13.0. The number of anilines is 1. The summed E-state index contributed by atoms with van der Waals surface area (Å²) in [5, 5.41) is 3.30. The number of rotatable bonds is 3. The number of pyridine rings is 1. The van der Waals surface area contributed by atoms with Crippen LogP contribution in [0.15, 0.2) is 12.3 Å². The molecule has 5 nitrogen and oxygen atoms in total. The molecule has 122 valence electrons. The topological polar surface area (TPSA) is 85.1 Å². The van der Waals surface area contributed by atoms with Crippen LogP contribution in [-0.2, 0) is 4.57 Å². The third kappa shape index (κ3) is 4.47. The monoisotopic (exact) mass is 343 g/mol. The normalized spacial score (nSPS) is 22.9. The van der Waals surface area contributed by atoms with Gasteiger partial charge in [0.15, 0.2) is 0 Å². The number of nitrogens with two attached hydrogens (primary N) is 1. The Hall–Kier alpha value is -1.06. The number of halogens is 1. The predicted molar refractivity (Wildman–Crippen MR) is 91.2 cm³/mol. The third-order valence-corrected chi connectivity index (χ3v) is 6.77. The second-order valence-corrected chi connectivity index (χ2v) is 10.4. The summed E-state index contributed by atoms with van der Waals surface area (Å²) in [5.41, 5.74) is 6.14. The Morgan fingerprint density at radius 1 is 1.41 bits per heavy atom. The van der Waals surface area contributed by atoms with Crippen LogP contribution >= 0.6 is 18.7 Å². The van der Waals surface area contributed by atoms with Crippen LogP contribution in [0.25, 0.3) is 0 Å². The minimum absolute atomic E-state index is 0.0459. The van der Waals surface area contributed by atoms with Gasteiger partial charge in [-0.05, 0) is 38.7 Å². The Bertz CT molecular complexity index is 602. The van der Waals surface area contributed by atoms with Gasteiger partial charge in [0.1, 0.15) is 5.82 Å². The number of nitrogen functional groups attached to an aromatic ring is 1. The van der Waals surface area contributed by atoms with Gasteiger partial charge in [-0.15, -0.1) is 0 Å². The fourth-order valence-corrected chi connectivity index (χ4v) is 4.60. The maximum absolute atomic E-state index is 12.4. The van der Waals surface area contributed by atoms with Crippen LogP contribution in [0.4, 0.5) is 5.82 Å². The van der Waals surface area contributed by atoms with Crippen LogP contribution in [0.3, 0.4) is 0 Å². The largest absolute Gasteiger partial charge is 0.382 e. The van der Waals surface area contributed by atoms with Crippen molar-refractivity contribution in [2.75, 3.05) is 19.1 Å². The summed E-state index contributed by atoms with van der Waals surface area (Å²) in [6.45, 7) is 3.68. The zero-order chi connectivity index (χ0) is 16.3. The summed E-state index contributed by atoms with van der Waals surface area (Å²) in [6, 6.07) is 1.57. The molecule has 1 aliphatic carbocycles. The summed E-state index contributed by atoms with van der Waals surface area (Å²) in [6.07, 6.45) is 6.20. The van der Waals surface area contributed by atoms with Crippen molar-refractivity contribution in [2.24, 2.45) is 0 Å². The second kappa shape index (κ2) is 7.01. The van der Waals surface area contributed by atoms with Crippen molar-refractivity contribution >= 4 is 30.5 Å². The molecule has 2 unspecified atom stereocenters. The molecule has 1 aliphatic rings. The van der Waals surface area contributed by atoms with E-state index in [0.29, 0.717) is 5.56 Å². The molecular formula is C15H23ClN3O2P. The van der Waals surface area contributed by atoms with Crippen LogP contribution < -0.4 is 11.1 Å². The lowest BCUT2D eigenvalue weighted by atomic mass is 10.1. The molecular weight excluding hydrogens is 321 g/mol. The summed E-state index contributed by atoms with van der Waals surface area (Å²) in [5.74, 6) is 0.00717. The Kier molecular flexibility index (Phi) is 5.51. The first-order valence-electron chi connectivity index (χ1n) is 7.54. The molecule has 0 aromatic carbocycles. The maximum atomic E-state index is 12.4. The number of nitrogens with one attached hydrogen (secondary N) is 1. The summed E-state index contributed by atoms with van der Waals surface area (Å²) in [4.78, 5) is 16.2. The molecule has 0 bridgehead atoms. The Balaban J connectivity index is 2.06. The molecule has 1 heterocycles. The number of carbonyl (C=O) groups is 1. The molecule has 1 aromatic rings. The van der Waals surface area contributed by atoms with E-state index in [2.05, 4.69) is 10.3 Å². The maximum Gasteiger partial charge on any atom is 0.253 e. The number of hydrogen-bond acceptors (Lipinski definition) is 4. The SMILES string of the molecule is CP(C)(=O)C1CCCCC(NC(=O)c2cnc(N)c(Cl)c2)C1. The number of nitrogens with zero attached hydrogens (tertiary/aromatic N) is 1. The summed E-state index contributed by atoms with van der Waals surface area (Å²) in [7, 11) is -2.14. The molecule has 3 N–H and O–H groups in total. The van der Waals surface area contributed by atoms with E-state index in [9.17, 15) is 9.36 Å². The van der Waals surface area contributed by atoms with Gasteiger partial charge < -0.3 is 15.6 Å². The van der Waals surface area contributed by atoms with E-state index in [1.807, 2.05) is 13.3 Å². The van der Waals surface area contributed by atoms with Crippen LogP contribution in [0.2, 0.25) is 5.02 Å². The molecule has 0 aliphatic heterocycles. The lowest BCUT2D eigenvalue weighted by molar-refractivity contribution is 0.0933. The predicted octanol–water partition coefficient (Wildman–Crippen LogP) is 3.37. The van der Waals surface area contributed by atoms with E-state index >= 15 is 0 Å². The minimum Gasteiger partial charge on any atom is -0.382 e. The molecule has 2 atom stereocenters. The highest BCUT2D eigenvalue weighted by Crippen LogP contribution is 2.48. The Labute approximate surface area is 136 Å². The highest BCUT2D eigenvalue weighted by molar-refractivity contribution is 7.63. The second-order valence-electron chi connectivity index (χ2n) is 6.37. The number of amides is 1. The standard InChI is InChI=1S/C15H23ClN3O2P/c1-22(2,21)12-6-4-3-5-11(8-12)19-15(20)10-7-13(16)14(17)18-9-10/h7,9,11-12H,3-6,8H2,1-2H3,(H2,17,18)(H,19,20). The molecule has 2 rings (SSSR count). The molecule has 0 radical (unpaired) electrons. The highest BCUT2D eigenvalue weighted by Gasteiger charge is 2.29. The Morgan fingerprint density at radius 2 is 2.09 bits per heavy atom. The van der Waals surface area contributed by atoms with Crippen molar-refractivity contribution in [3.8, 4) is 0 Å². The van der Waals surface area contributed by atoms with E-state index in [-0.39, 0.29) is 28.4 Å². The van der Waals surface area contributed by atoms with Crippen molar-refractivity contribution in [2.45, 2.75) is 43.8 Å². The van der Waals surface area contributed by atoms with Crippen molar-refractivity contribution < 1.29 is 9.36 Å². The van der Waals surface area contributed by atoms with Gasteiger partial charge >= 0.3 is 0 Å². The van der Waals surface area contributed by atoms with Gasteiger partial charge in [0.2, 0.25) is 0 Å². The van der Waals surface area contributed by atoms with Crippen molar-refractivity contribution in [1.82, 2.24) is 10.3 Å². The highest BCUT2D eigenvalue weighted by atomic mass is 35.5. The van der Waals surface area contributed by atoms with E-state index in [1.165, 1.54) is 12.3 Å². The first kappa shape index (κ1) is 17.3. The molecule has 1 aromatic heterocycles. The summed E-state index contributed by atoms with van der Waals surface area (Å²) >= 11 is 5.91. The van der Waals surface area contributed by atoms with Gasteiger partial charge in [-0.25, -0.2) is 4.98 Å². The van der Waals surface area contributed by atoms with Crippen LogP contribution in [0.5, 0.6) is 0 Å². The van der Waals surface area contributed by atoms with E-state index < -0.39 is 7.14 Å². The van der Waals surface area contributed by atoms with Crippen molar-refractivity contribution in [3.63, 3.8) is 0 Å². The molecule has 1 amide bonds. The third-order valence-electron chi connectivity index (χ3n) is 4.24. The van der Waals surface area contributed by atoms with Gasteiger partial charge in [-0.2, -0.15) is 0 Å². The fraction of sp³-hybridized carbons (Fsp3) is 0.600. The Morgan fingerprint density at radius 3 is 2.73 bits per heavy atom. The van der Waals surface area contributed by atoms with Gasteiger partial charge in [0.25, 0.3) is 5.91 Å². The van der Waals surface area contributed by atoms with E-state index in [0.717, 1.165) is 32.1 Å². The average molecular weight is 344 g/mol. The first-order valence-corrected chi connectivity index (χ1v) is 10.6. The average Bonchev–Trinajstić information content (AvgIpc) is 2.67.